The smallest absolute Gasteiger partial charge is 0.291 e. The van der Waals surface area contributed by atoms with E-state index in [0.29, 0.717) is 34.1 Å². The Hall–Kier alpha value is -2.05. The molecule has 2 N–H and O–H groups in total. The van der Waals surface area contributed by atoms with Gasteiger partial charge in [0.25, 0.3) is 5.56 Å². The summed E-state index contributed by atoms with van der Waals surface area (Å²) in [5.41, 5.74) is 0.596. The summed E-state index contributed by atoms with van der Waals surface area (Å²) >= 11 is 1.31. The van der Waals surface area contributed by atoms with Gasteiger partial charge in [-0.3, -0.25) is 9.59 Å². The van der Waals surface area contributed by atoms with Crippen LogP contribution in [0.15, 0.2) is 4.79 Å². The van der Waals surface area contributed by atoms with Gasteiger partial charge in [0.15, 0.2) is 10.6 Å². The molecule has 1 saturated heterocycles. The summed E-state index contributed by atoms with van der Waals surface area (Å²) in [6.45, 7) is 4.69. The topological polar surface area (TPSA) is 128 Å². The number of carbonyl (C=O) groups is 1. The number of sulfonamides is 1. The molecule has 0 saturated carbocycles. The van der Waals surface area contributed by atoms with Gasteiger partial charge in [0.05, 0.1) is 16.6 Å². The van der Waals surface area contributed by atoms with E-state index >= 15 is 0 Å². The molecule has 1 aliphatic rings. The van der Waals surface area contributed by atoms with E-state index in [9.17, 15) is 18.0 Å². The van der Waals surface area contributed by atoms with Crippen LogP contribution in [0.25, 0.3) is 10.2 Å². The molecule has 1 atom stereocenters. The molecule has 1 amide bonds. The largest absolute Gasteiger partial charge is 0.355 e. The van der Waals surface area contributed by atoms with Crippen LogP contribution in [0.5, 0.6) is 0 Å². The van der Waals surface area contributed by atoms with Crippen molar-refractivity contribution in [1.29, 1.82) is 0 Å². The predicted molar refractivity (Wildman–Crippen MR) is 99.0 cm³/mol. The van der Waals surface area contributed by atoms with Gasteiger partial charge in [-0.05, 0) is 13.8 Å². The fourth-order valence-corrected chi connectivity index (χ4v) is 5.00. The number of rotatable bonds is 4. The van der Waals surface area contributed by atoms with Gasteiger partial charge in [-0.25, -0.2) is 18.5 Å². The first-order chi connectivity index (χ1) is 12.2. The van der Waals surface area contributed by atoms with Crippen molar-refractivity contribution in [3.63, 3.8) is 0 Å². The van der Waals surface area contributed by atoms with Crippen LogP contribution in [0.2, 0.25) is 0 Å². The molecule has 1 unspecified atom stereocenters. The lowest BCUT2D eigenvalue weighted by Gasteiger charge is -2.38. The number of anilines is 1. The van der Waals surface area contributed by atoms with Crippen molar-refractivity contribution < 1.29 is 13.2 Å². The van der Waals surface area contributed by atoms with Crippen molar-refractivity contribution in [1.82, 2.24) is 24.8 Å². The van der Waals surface area contributed by atoms with Crippen molar-refractivity contribution >= 4 is 42.6 Å². The molecule has 10 nitrogen and oxygen atoms in total. The third kappa shape index (κ3) is 3.44. The molecule has 2 aromatic rings. The van der Waals surface area contributed by atoms with Crippen LogP contribution in [-0.4, -0.2) is 72.3 Å². The number of thiazole rings is 1. The van der Waals surface area contributed by atoms with Crippen molar-refractivity contribution in [2.45, 2.75) is 19.9 Å². The second-order valence-electron chi connectivity index (χ2n) is 6.04. The molecule has 2 aromatic heterocycles. The normalized spacial score (nSPS) is 19.0. The Kier molecular flexibility index (Phi) is 4.99. The monoisotopic (exact) mass is 400 g/mol. The van der Waals surface area contributed by atoms with Crippen LogP contribution < -0.4 is 15.8 Å². The molecule has 0 spiro atoms. The van der Waals surface area contributed by atoms with Gasteiger partial charge < -0.3 is 10.2 Å². The SMILES string of the molecule is CCNC(=O)C1CN(c2nc3c(=O)[nH]nc(C)c3s2)CCN1S(C)(=O)=O. The third-order valence-electron chi connectivity index (χ3n) is 4.17. The van der Waals surface area contributed by atoms with Crippen molar-refractivity contribution in [3.05, 3.63) is 16.0 Å². The van der Waals surface area contributed by atoms with Crippen LogP contribution in [0, 0.1) is 6.92 Å². The summed E-state index contributed by atoms with van der Waals surface area (Å²) in [4.78, 5) is 30.5. The lowest BCUT2D eigenvalue weighted by atomic mass is 10.2. The molecule has 3 heterocycles. The Balaban J connectivity index is 1.95. The maximum atomic E-state index is 12.4. The molecule has 0 aromatic carbocycles. The van der Waals surface area contributed by atoms with Gasteiger partial charge in [-0.2, -0.15) is 9.40 Å². The Morgan fingerprint density at radius 3 is 2.77 bits per heavy atom. The van der Waals surface area contributed by atoms with Gasteiger partial charge >= 0.3 is 0 Å². The molecule has 3 rings (SSSR count). The molecule has 0 radical (unpaired) electrons. The molecule has 0 aliphatic carbocycles. The second kappa shape index (κ2) is 6.93. The number of hydrogen-bond donors (Lipinski definition) is 2. The maximum absolute atomic E-state index is 12.4. The minimum absolute atomic E-state index is 0.170. The second-order valence-corrected chi connectivity index (χ2v) is 8.95. The Morgan fingerprint density at radius 1 is 1.42 bits per heavy atom. The molecule has 142 valence electrons. The Morgan fingerprint density at radius 2 is 2.15 bits per heavy atom. The predicted octanol–water partition coefficient (Wildman–Crippen LogP) is -0.726. The van der Waals surface area contributed by atoms with Crippen LogP contribution in [-0.2, 0) is 14.8 Å². The summed E-state index contributed by atoms with van der Waals surface area (Å²) in [6, 6.07) is -0.844. The number of H-pyrrole nitrogens is 1. The van der Waals surface area contributed by atoms with Gasteiger partial charge in [-0.15, -0.1) is 0 Å². The van der Waals surface area contributed by atoms with Crippen molar-refractivity contribution in [2.24, 2.45) is 0 Å². The first-order valence-corrected chi connectivity index (χ1v) is 10.7. The quantitative estimate of drug-likeness (QED) is 0.693. The molecular formula is C14H20N6O4S2. The Labute approximate surface area is 154 Å². The van der Waals surface area contributed by atoms with E-state index in [4.69, 9.17) is 0 Å². The summed E-state index contributed by atoms with van der Waals surface area (Å²) in [5, 5.41) is 9.59. The van der Waals surface area contributed by atoms with Gasteiger partial charge in [0, 0.05) is 26.2 Å². The standard InChI is InChI=1S/C14H20N6O4S2/c1-4-15-12(21)9-7-19(5-6-20(9)26(3,23)24)14-16-10-11(25-14)8(2)17-18-13(10)22/h9H,4-7H2,1-3H3,(H,15,21)(H,18,22). The van der Waals surface area contributed by atoms with Gasteiger partial charge in [0.2, 0.25) is 15.9 Å². The summed E-state index contributed by atoms with van der Waals surface area (Å²) in [6.07, 6.45) is 1.10. The number of piperazine rings is 1. The number of aromatic nitrogens is 3. The molecule has 0 bridgehead atoms. The number of amides is 1. The highest BCUT2D eigenvalue weighted by atomic mass is 32.2. The lowest BCUT2D eigenvalue weighted by molar-refractivity contribution is -0.124. The van der Waals surface area contributed by atoms with Crippen LogP contribution in [0.1, 0.15) is 12.6 Å². The fraction of sp³-hybridized carbons (Fsp3) is 0.571. The van der Waals surface area contributed by atoms with Gasteiger partial charge in [-0.1, -0.05) is 11.3 Å². The number of hydrogen-bond acceptors (Lipinski definition) is 8. The van der Waals surface area contributed by atoms with E-state index < -0.39 is 16.1 Å². The summed E-state index contributed by atoms with van der Waals surface area (Å²) in [5.74, 6) is -0.348. The number of nitrogens with zero attached hydrogens (tertiary/aromatic N) is 4. The number of carbonyl (C=O) groups excluding carboxylic acids is 1. The first kappa shape index (κ1) is 18.7. The highest BCUT2D eigenvalue weighted by Crippen LogP contribution is 2.30. The van der Waals surface area contributed by atoms with Gasteiger partial charge in [0.1, 0.15) is 6.04 Å². The Bertz CT molecular complexity index is 999. The average Bonchev–Trinajstić information content (AvgIpc) is 3.04. The van der Waals surface area contributed by atoms with E-state index in [-0.39, 0.29) is 24.6 Å². The number of likely N-dealkylation sites (N-methyl/N-ethyl adjacent to an activating group) is 1. The summed E-state index contributed by atoms with van der Waals surface area (Å²) in [7, 11) is -3.52. The summed E-state index contributed by atoms with van der Waals surface area (Å²) < 4.78 is 26.0. The third-order valence-corrected chi connectivity index (χ3v) is 6.68. The van der Waals surface area contributed by atoms with E-state index in [2.05, 4.69) is 20.5 Å². The minimum atomic E-state index is -3.52. The number of aryl methyl sites for hydroxylation is 1. The zero-order chi connectivity index (χ0) is 19.1. The molecule has 1 aliphatic heterocycles. The fourth-order valence-electron chi connectivity index (χ4n) is 2.92. The molecular weight excluding hydrogens is 380 g/mol. The highest BCUT2D eigenvalue weighted by Gasteiger charge is 2.38. The van der Waals surface area contributed by atoms with E-state index in [1.165, 1.54) is 15.6 Å². The lowest BCUT2D eigenvalue weighted by Crippen LogP contribution is -2.60. The minimum Gasteiger partial charge on any atom is -0.355 e. The average molecular weight is 400 g/mol. The zero-order valence-corrected chi connectivity index (χ0v) is 16.3. The van der Waals surface area contributed by atoms with Crippen LogP contribution in [0.4, 0.5) is 5.13 Å². The van der Waals surface area contributed by atoms with E-state index in [1.807, 2.05) is 4.90 Å². The van der Waals surface area contributed by atoms with E-state index in [1.54, 1.807) is 13.8 Å². The van der Waals surface area contributed by atoms with Crippen molar-refractivity contribution in [3.8, 4) is 0 Å². The molecule has 1 fully saturated rings. The highest BCUT2D eigenvalue weighted by molar-refractivity contribution is 7.88. The number of nitrogens with one attached hydrogen (secondary N) is 2. The van der Waals surface area contributed by atoms with Crippen molar-refractivity contribution in [2.75, 3.05) is 37.3 Å². The molecule has 12 heteroatoms. The number of fused-ring (bicyclic) bond motifs is 1. The van der Waals surface area contributed by atoms with E-state index in [0.717, 1.165) is 6.26 Å². The van der Waals surface area contributed by atoms with Crippen LogP contribution in [0.3, 0.4) is 0 Å². The van der Waals surface area contributed by atoms with Crippen LogP contribution >= 0.6 is 11.3 Å². The maximum Gasteiger partial charge on any atom is 0.291 e. The number of aromatic amines is 1. The zero-order valence-electron chi connectivity index (χ0n) is 14.6. The first-order valence-electron chi connectivity index (χ1n) is 8.07. The molecule has 26 heavy (non-hydrogen) atoms.